The molecule has 6 heteroatoms. The molecule has 0 saturated carbocycles. The number of carbonyl (C=O) groups is 2. The highest BCUT2D eigenvalue weighted by Gasteiger charge is 2.07. The van der Waals surface area contributed by atoms with Crippen molar-refractivity contribution in [1.82, 2.24) is 10.9 Å². The average molecular weight is 403 g/mol. The van der Waals surface area contributed by atoms with E-state index in [4.69, 9.17) is 4.74 Å². The zero-order valence-corrected chi connectivity index (χ0v) is 15.4. The van der Waals surface area contributed by atoms with E-state index in [2.05, 4.69) is 33.7 Å². The Morgan fingerprint density at radius 3 is 2.56 bits per heavy atom. The molecule has 0 bridgehead atoms. The van der Waals surface area contributed by atoms with Crippen LogP contribution in [0.3, 0.4) is 0 Å². The molecular formula is C19H19BrN2O3. The van der Waals surface area contributed by atoms with Gasteiger partial charge in [-0.15, -0.1) is 0 Å². The Bertz CT molecular complexity index is 761. The number of rotatable bonds is 6. The molecule has 2 rings (SSSR count). The van der Waals surface area contributed by atoms with Gasteiger partial charge >= 0.3 is 0 Å². The molecule has 25 heavy (non-hydrogen) atoms. The number of benzene rings is 2. The molecule has 0 aromatic heterocycles. The Balaban J connectivity index is 1.75. The summed E-state index contributed by atoms with van der Waals surface area (Å²) in [5.74, 6) is -0.304. The summed E-state index contributed by atoms with van der Waals surface area (Å²) in [6, 6.07) is 15.1. The Kier molecular flexibility index (Phi) is 7.22. The monoisotopic (exact) mass is 402 g/mol. The summed E-state index contributed by atoms with van der Waals surface area (Å²) in [7, 11) is 0. The van der Waals surface area contributed by atoms with Crippen LogP contribution in [0.1, 0.15) is 18.1 Å². The second-order valence-corrected chi connectivity index (χ2v) is 6.04. The van der Waals surface area contributed by atoms with Gasteiger partial charge in [-0.3, -0.25) is 20.4 Å². The predicted molar refractivity (Wildman–Crippen MR) is 101 cm³/mol. The number of hydrogen-bond donors (Lipinski definition) is 2. The third kappa shape index (κ3) is 6.43. The van der Waals surface area contributed by atoms with Gasteiger partial charge in [-0.2, -0.15) is 0 Å². The van der Waals surface area contributed by atoms with Gasteiger partial charge in [0.05, 0.1) is 4.47 Å². The van der Waals surface area contributed by atoms with E-state index in [1.165, 1.54) is 11.6 Å². The van der Waals surface area contributed by atoms with Gasteiger partial charge < -0.3 is 4.74 Å². The van der Waals surface area contributed by atoms with E-state index in [-0.39, 0.29) is 6.61 Å². The van der Waals surface area contributed by atoms with Gasteiger partial charge in [0.2, 0.25) is 0 Å². The summed E-state index contributed by atoms with van der Waals surface area (Å²) in [6.07, 6.45) is 3.92. The SMILES string of the molecule is CCc1ccc(OCC(=O)NNC(=O)C=Cc2ccccc2)c(Br)c1. The van der Waals surface area contributed by atoms with Crippen LogP contribution in [-0.2, 0) is 16.0 Å². The van der Waals surface area contributed by atoms with E-state index in [0.29, 0.717) is 5.75 Å². The minimum atomic E-state index is -0.451. The molecular weight excluding hydrogens is 384 g/mol. The molecule has 0 spiro atoms. The van der Waals surface area contributed by atoms with E-state index < -0.39 is 11.8 Å². The second kappa shape index (κ2) is 9.64. The number of halogens is 1. The van der Waals surface area contributed by atoms with Crippen LogP contribution in [0, 0.1) is 0 Å². The zero-order chi connectivity index (χ0) is 18.1. The number of amides is 2. The van der Waals surface area contributed by atoms with Crippen molar-refractivity contribution >= 4 is 33.8 Å². The van der Waals surface area contributed by atoms with E-state index >= 15 is 0 Å². The van der Waals surface area contributed by atoms with E-state index in [1.54, 1.807) is 12.1 Å². The second-order valence-electron chi connectivity index (χ2n) is 5.19. The van der Waals surface area contributed by atoms with Crippen LogP contribution in [0.25, 0.3) is 6.08 Å². The number of nitrogens with one attached hydrogen (secondary N) is 2. The minimum Gasteiger partial charge on any atom is -0.483 e. The lowest BCUT2D eigenvalue weighted by atomic mass is 10.2. The van der Waals surface area contributed by atoms with Crippen LogP contribution in [0.5, 0.6) is 5.75 Å². The van der Waals surface area contributed by atoms with Crippen LogP contribution in [0.2, 0.25) is 0 Å². The van der Waals surface area contributed by atoms with Crippen molar-refractivity contribution in [1.29, 1.82) is 0 Å². The zero-order valence-electron chi connectivity index (χ0n) is 13.8. The molecule has 2 aromatic rings. The maximum atomic E-state index is 11.7. The maximum absolute atomic E-state index is 11.7. The van der Waals surface area contributed by atoms with E-state index in [1.807, 2.05) is 42.5 Å². The van der Waals surface area contributed by atoms with Gasteiger partial charge in [0, 0.05) is 6.08 Å². The van der Waals surface area contributed by atoms with Gasteiger partial charge in [-0.1, -0.05) is 43.3 Å². The number of hydrogen-bond acceptors (Lipinski definition) is 3. The first-order valence-electron chi connectivity index (χ1n) is 7.81. The molecule has 0 atom stereocenters. The fourth-order valence-electron chi connectivity index (χ4n) is 1.97. The van der Waals surface area contributed by atoms with Crippen LogP contribution in [0.4, 0.5) is 0 Å². The highest BCUT2D eigenvalue weighted by molar-refractivity contribution is 9.10. The van der Waals surface area contributed by atoms with Gasteiger partial charge in [0.25, 0.3) is 11.8 Å². The van der Waals surface area contributed by atoms with E-state index in [0.717, 1.165) is 16.5 Å². The summed E-state index contributed by atoms with van der Waals surface area (Å²) < 4.78 is 6.22. The number of aryl methyl sites for hydroxylation is 1. The summed E-state index contributed by atoms with van der Waals surface area (Å²) in [6.45, 7) is 1.86. The fourth-order valence-corrected chi connectivity index (χ4v) is 2.51. The highest BCUT2D eigenvalue weighted by atomic mass is 79.9. The van der Waals surface area contributed by atoms with Crippen LogP contribution < -0.4 is 15.6 Å². The normalized spacial score (nSPS) is 10.5. The topological polar surface area (TPSA) is 67.4 Å². The standard InChI is InChI=1S/C19H19BrN2O3/c1-2-14-8-10-17(16(20)12-14)25-13-19(24)22-21-18(23)11-9-15-6-4-3-5-7-15/h3-12H,2,13H2,1H3,(H,21,23)(H,22,24). The van der Waals surface area contributed by atoms with Crippen molar-refractivity contribution in [3.05, 3.63) is 70.2 Å². The Hall–Kier alpha value is -2.60. The van der Waals surface area contributed by atoms with Crippen molar-refractivity contribution in [2.24, 2.45) is 0 Å². The molecule has 0 aliphatic carbocycles. The molecule has 2 amide bonds. The molecule has 0 aliphatic heterocycles. The summed E-state index contributed by atoms with van der Waals surface area (Å²) in [4.78, 5) is 23.4. The van der Waals surface area contributed by atoms with Crippen LogP contribution >= 0.6 is 15.9 Å². The molecule has 2 aromatic carbocycles. The molecule has 2 N–H and O–H groups in total. The lowest BCUT2D eigenvalue weighted by Crippen LogP contribution is -2.43. The molecule has 130 valence electrons. The molecule has 5 nitrogen and oxygen atoms in total. The number of carbonyl (C=O) groups excluding carboxylic acids is 2. The van der Waals surface area contributed by atoms with Crippen molar-refractivity contribution in [2.45, 2.75) is 13.3 Å². The highest BCUT2D eigenvalue weighted by Crippen LogP contribution is 2.26. The van der Waals surface area contributed by atoms with Crippen molar-refractivity contribution in [3.8, 4) is 5.75 Å². The lowest BCUT2D eigenvalue weighted by molar-refractivity contribution is -0.128. The predicted octanol–water partition coefficient (Wildman–Crippen LogP) is 3.25. The van der Waals surface area contributed by atoms with Crippen LogP contribution in [-0.4, -0.2) is 18.4 Å². The van der Waals surface area contributed by atoms with Crippen molar-refractivity contribution in [3.63, 3.8) is 0 Å². The summed E-state index contributed by atoms with van der Waals surface area (Å²) in [5, 5.41) is 0. The molecule has 0 unspecified atom stereocenters. The van der Waals surface area contributed by atoms with Crippen LogP contribution in [0.15, 0.2) is 59.1 Å². The first-order valence-corrected chi connectivity index (χ1v) is 8.61. The summed E-state index contributed by atoms with van der Waals surface area (Å²) in [5.41, 5.74) is 6.67. The first-order chi connectivity index (χ1) is 12.1. The van der Waals surface area contributed by atoms with Gasteiger partial charge in [0.15, 0.2) is 6.61 Å². The fraction of sp³-hybridized carbons (Fsp3) is 0.158. The van der Waals surface area contributed by atoms with Gasteiger partial charge in [-0.25, -0.2) is 0 Å². The Morgan fingerprint density at radius 1 is 1.12 bits per heavy atom. The Morgan fingerprint density at radius 2 is 1.88 bits per heavy atom. The van der Waals surface area contributed by atoms with Gasteiger partial charge in [-0.05, 0) is 51.7 Å². The average Bonchev–Trinajstić information content (AvgIpc) is 2.64. The van der Waals surface area contributed by atoms with E-state index in [9.17, 15) is 9.59 Å². The molecule has 0 saturated heterocycles. The van der Waals surface area contributed by atoms with Crippen molar-refractivity contribution in [2.75, 3.05) is 6.61 Å². The molecule has 0 fully saturated rings. The molecule has 0 radical (unpaired) electrons. The largest absolute Gasteiger partial charge is 0.483 e. The molecule has 0 aliphatic rings. The maximum Gasteiger partial charge on any atom is 0.276 e. The first kappa shape index (κ1) is 18.7. The minimum absolute atomic E-state index is 0.202. The number of ether oxygens (including phenoxy) is 1. The summed E-state index contributed by atoms with van der Waals surface area (Å²) >= 11 is 3.41. The Labute approximate surface area is 155 Å². The third-order valence-corrected chi connectivity index (χ3v) is 3.93. The van der Waals surface area contributed by atoms with Gasteiger partial charge in [0.1, 0.15) is 5.75 Å². The van der Waals surface area contributed by atoms with Crippen molar-refractivity contribution < 1.29 is 14.3 Å². The third-order valence-electron chi connectivity index (χ3n) is 3.32. The number of hydrazine groups is 1. The lowest BCUT2D eigenvalue weighted by Gasteiger charge is -2.10. The quantitative estimate of drug-likeness (QED) is 0.575. The molecule has 0 heterocycles. The smallest absolute Gasteiger partial charge is 0.276 e.